The average molecular weight is 260 g/mol. The van der Waals surface area contributed by atoms with Crippen molar-refractivity contribution in [3.63, 3.8) is 0 Å². The number of aryl methyl sites for hydroxylation is 1. The molecule has 102 valence electrons. The molecule has 3 rings (SSSR count). The summed E-state index contributed by atoms with van der Waals surface area (Å²) in [5.74, 6) is 1.22. The second kappa shape index (κ2) is 4.83. The van der Waals surface area contributed by atoms with Gasteiger partial charge in [0, 0.05) is 31.0 Å². The fourth-order valence-corrected chi connectivity index (χ4v) is 2.38. The molecular weight excluding hydrogens is 240 g/mol. The fraction of sp³-hybridized carbons (Fsp3) is 0.600. The van der Waals surface area contributed by atoms with E-state index in [-0.39, 0.29) is 16.9 Å². The van der Waals surface area contributed by atoms with Crippen LogP contribution in [0.25, 0.3) is 0 Å². The maximum absolute atomic E-state index is 12.5. The van der Waals surface area contributed by atoms with Crippen LogP contribution in [0.1, 0.15) is 41.7 Å². The summed E-state index contributed by atoms with van der Waals surface area (Å²) in [6.45, 7) is 3.47. The van der Waals surface area contributed by atoms with Crippen molar-refractivity contribution < 1.29 is 4.79 Å². The van der Waals surface area contributed by atoms with Crippen molar-refractivity contribution in [3.05, 3.63) is 33.7 Å². The van der Waals surface area contributed by atoms with E-state index in [0.29, 0.717) is 11.8 Å². The van der Waals surface area contributed by atoms with Crippen molar-refractivity contribution >= 4 is 5.91 Å². The highest BCUT2D eigenvalue weighted by molar-refractivity contribution is 5.93. The number of carbonyl (C=O) groups is 1. The summed E-state index contributed by atoms with van der Waals surface area (Å²) in [5.41, 5.74) is 0.905. The molecule has 1 heterocycles. The molecule has 1 amide bonds. The minimum absolute atomic E-state index is 0.0972. The van der Waals surface area contributed by atoms with Gasteiger partial charge in [-0.05, 0) is 44.4 Å². The van der Waals surface area contributed by atoms with E-state index < -0.39 is 0 Å². The van der Waals surface area contributed by atoms with Gasteiger partial charge in [-0.25, -0.2) is 0 Å². The van der Waals surface area contributed by atoms with Crippen molar-refractivity contribution in [1.82, 2.24) is 9.88 Å². The second-order valence-electron chi connectivity index (χ2n) is 5.99. The number of hydrogen-bond donors (Lipinski definition) is 1. The van der Waals surface area contributed by atoms with Crippen LogP contribution < -0.4 is 5.43 Å². The molecule has 19 heavy (non-hydrogen) atoms. The first-order valence-corrected chi connectivity index (χ1v) is 7.12. The van der Waals surface area contributed by atoms with Crippen LogP contribution >= 0.6 is 0 Å². The molecule has 2 fully saturated rings. The SMILES string of the molecule is Cc1cc(=O)c(C(=O)N(CC2CC2)CC2CC2)c[nH]1. The third-order valence-corrected chi connectivity index (χ3v) is 3.93. The molecule has 0 saturated heterocycles. The Balaban J connectivity index is 1.78. The molecule has 2 saturated carbocycles. The van der Waals surface area contributed by atoms with Crippen LogP contribution in [0.3, 0.4) is 0 Å². The minimum Gasteiger partial charge on any atom is -0.364 e. The van der Waals surface area contributed by atoms with Crippen molar-refractivity contribution in [1.29, 1.82) is 0 Å². The van der Waals surface area contributed by atoms with E-state index in [1.54, 1.807) is 6.20 Å². The molecule has 0 atom stereocenters. The number of rotatable bonds is 5. The van der Waals surface area contributed by atoms with Crippen molar-refractivity contribution in [2.45, 2.75) is 32.6 Å². The number of nitrogens with zero attached hydrogens (tertiary/aromatic N) is 1. The van der Waals surface area contributed by atoms with Crippen LogP contribution in [-0.4, -0.2) is 28.9 Å². The Morgan fingerprint density at radius 2 is 1.84 bits per heavy atom. The summed E-state index contributed by atoms with van der Waals surface area (Å²) in [4.78, 5) is 29.3. The number of hydrogen-bond acceptors (Lipinski definition) is 2. The topological polar surface area (TPSA) is 53.2 Å². The Morgan fingerprint density at radius 1 is 1.26 bits per heavy atom. The maximum Gasteiger partial charge on any atom is 0.259 e. The number of nitrogens with one attached hydrogen (secondary N) is 1. The highest BCUT2D eigenvalue weighted by Crippen LogP contribution is 2.34. The highest BCUT2D eigenvalue weighted by atomic mass is 16.2. The van der Waals surface area contributed by atoms with Crippen LogP contribution in [-0.2, 0) is 0 Å². The van der Waals surface area contributed by atoms with Crippen LogP contribution in [0.15, 0.2) is 17.1 Å². The molecule has 0 unspecified atom stereocenters. The molecule has 4 heteroatoms. The predicted molar refractivity (Wildman–Crippen MR) is 73.2 cm³/mol. The number of H-pyrrole nitrogens is 1. The standard InChI is InChI=1S/C15H20N2O2/c1-10-6-14(18)13(7-16-10)15(19)17(8-11-2-3-11)9-12-4-5-12/h6-7,11-12H,2-5,8-9H2,1H3,(H,16,18). The van der Waals surface area contributed by atoms with Crippen LogP contribution in [0.5, 0.6) is 0 Å². The summed E-state index contributed by atoms with van der Waals surface area (Å²) >= 11 is 0. The second-order valence-corrected chi connectivity index (χ2v) is 5.99. The van der Waals surface area contributed by atoms with E-state index in [1.807, 2.05) is 11.8 Å². The molecular formula is C15H20N2O2. The summed E-state index contributed by atoms with van der Waals surface area (Å²) in [7, 11) is 0. The van der Waals surface area contributed by atoms with Gasteiger partial charge in [0.15, 0.2) is 5.43 Å². The van der Waals surface area contributed by atoms with Gasteiger partial charge in [-0.3, -0.25) is 9.59 Å². The van der Waals surface area contributed by atoms with E-state index in [4.69, 9.17) is 0 Å². The molecule has 2 aliphatic carbocycles. The molecule has 2 aliphatic rings. The lowest BCUT2D eigenvalue weighted by molar-refractivity contribution is 0.0738. The highest BCUT2D eigenvalue weighted by Gasteiger charge is 2.32. The zero-order chi connectivity index (χ0) is 13.4. The first-order chi connectivity index (χ1) is 9.13. The molecule has 0 aromatic carbocycles. The van der Waals surface area contributed by atoms with E-state index in [9.17, 15) is 9.59 Å². The molecule has 0 aliphatic heterocycles. The fourth-order valence-electron chi connectivity index (χ4n) is 2.38. The van der Waals surface area contributed by atoms with Gasteiger partial charge in [-0.1, -0.05) is 0 Å². The van der Waals surface area contributed by atoms with E-state index >= 15 is 0 Å². The van der Waals surface area contributed by atoms with Crippen LogP contribution in [0.4, 0.5) is 0 Å². The van der Waals surface area contributed by atoms with Gasteiger partial charge in [0.2, 0.25) is 0 Å². The van der Waals surface area contributed by atoms with Crippen LogP contribution in [0, 0.1) is 18.8 Å². The molecule has 0 bridgehead atoms. The average Bonchev–Trinajstić information content (AvgIpc) is 3.22. The summed E-state index contributed by atoms with van der Waals surface area (Å²) in [6.07, 6.45) is 6.45. The molecule has 0 spiro atoms. The Bertz CT molecular complexity index is 527. The first-order valence-electron chi connectivity index (χ1n) is 7.12. The van der Waals surface area contributed by atoms with Gasteiger partial charge in [0.25, 0.3) is 5.91 Å². The lowest BCUT2D eigenvalue weighted by atomic mass is 10.2. The monoisotopic (exact) mass is 260 g/mol. The van der Waals surface area contributed by atoms with Gasteiger partial charge in [-0.15, -0.1) is 0 Å². The zero-order valence-electron chi connectivity index (χ0n) is 11.3. The first kappa shape index (κ1) is 12.5. The normalized spacial score (nSPS) is 18.4. The smallest absolute Gasteiger partial charge is 0.259 e. The van der Waals surface area contributed by atoms with Gasteiger partial charge >= 0.3 is 0 Å². The Kier molecular flexibility index (Phi) is 3.17. The van der Waals surface area contributed by atoms with Crippen molar-refractivity contribution in [2.24, 2.45) is 11.8 Å². The largest absolute Gasteiger partial charge is 0.364 e. The van der Waals surface area contributed by atoms with Gasteiger partial charge in [0.05, 0.1) is 0 Å². The van der Waals surface area contributed by atoms with E-state index in [2.05, 4.69) is 4.98 Å². The number of aromatic nitrogens is 1. The summed E-state index contributed by atoms with van der Waals surface area (Å²) < 4.78 is 0. The molecule has 4 nitrogen and oxygen atoms in total. The quantitative estimate of drug-likeness (QED) is 0.879. The lowest BCUT2D eigenvalue weighted by Gasteiger charge is -2.22. The van der Waals surface area contributed by atoms with Gasteiger partial charge in [0.1, 0.15) is 5.56 Å². The predicted octanol–water partition coefficient (Wildman–Crippen LogP) is 1.95. The van der Waals surface area contributed by atoms with Gasteiger partial charge < -0.3 is 9.88 Å². The molecule has 1 aromatic heterocycles. The number of pyridine rings is 1. The third-order valence-electron chi connectivity index (χ3n) is 3.93. The van der Waals surface area contributed by atoms with Gasteiger partial charge in [-0.2, -0.15) is 0 Å². The number of amides is 1. The van der Waals surface area contributed by atoms with Crippen LogP contribution in [0.2, 0.25) is 0 Å². The molecule has 1 aromatic rings. The summed E-state index contributed by atoms with van der Waals surface area (Å²) in [5, 5.41) is 0. The maximum atomic E-state index is 12.5. The van der Waals surface area contributed by atoms with E-state index in [1.165, 1.54) is 31.7 Å². The molecule has 0 radical (unpaired) electrons. The Hall–Kier alpha value is -1.58. The Morgan fingerprint density at radius 3 is 2.32 bits per heavy atom. The van der Waals surface area contributed by atoms with Crippen molar-refractivity contribution in [2.75, 3.05) is 13.1 Å². The number of aromatic amines is 1. The van der Waals surface area contributed by atoms with Crippen molar-refractivity contribution in [3.8, 4) is 0 Å². The van der Waals surface area contributed by atoms with E-state index in [0.717, 1.165) is 18.8 Å². The summed E-state index contributed by atoms with van der Waals surface area (Å²) in [6, 6.07) is 1.50. The zero-order valence-corrected chi connectivity index (χ0v) is 11.3. The minimum atomic E-state index is -0.169. The Labute approximate surface area is 112 Å². The molecule has 1 N–H and O–H groups in total. The third kappa shape index (κ3) is 3.06. The lowest BCUT2D eigenvalue weighted by Crippen LogP contribution is -2.37. The number of carbonyl (C=O) groups excluding carboxylic acids is 1.